The van der Waals surface area contributed by atoms with Crippen LogP contribution in [0.1, 0.15) is 11.4 Å². The van der Waals surface area contributed by atoms with Crippen molar-refractivity contribution in [2.75, 3.05) is 26.2 Å². The highest BCUT2D eigenvalue weighted by atomic mass is 32.2. The number of rotatable bonds is 6. The second-order valence-corrected chi connectivity index (χ2v) is 8.92. The Morgan fingerprint density at radius 1 is 1.36 bits per heavy atom. The molecule has 28 heavy (non-hydrogen) atoms. The lowest BCUT2D eigenvalue weighted by molar-refractivity contribution is -0.926. The Balaban J connectivity index is 1.70. The number of hydrogen-bond donors (Lipinski definition) is 1. The van der Waals surface area contributed by atoms with E-state index in [1.165, 1.54) is 21.3 Å². The Hall–Kier alpha value is -2.32. The molecule has 1 N–H and O–H groups in total. The van der Waals surface area contributed by atoms with Crippen LogP contribution < -0.4 is 4.90 Å². The molecular weight excluding hydrogens is 396 g/mol. The molecule has 10 heteroatoms. The van der Waals surface area contributed by atoms with Crippen LogP contribution in [0, 0.1) is 23.0 Å². The quantitative estimate of drug-likeness (QED) is 0.538. The number of benzene rings is 1. The number of nitriles is 1. The molecular formula is C18H23N6O2S2+. The average molecular weight is 420 g/mol. The van der Waals surface area contributed by atoms with Gasteiger partial charge in [-0.25, -0.2) is 8.42 Å². The van der Waals surface area contributed by atoms with Crippen molar-refractivity contribution in [3.8, 4) is 6.07 Å². The number of allylic oxidation sites excluding steroid dienone is 1. The van der Waals surface area contributed by atoms with Gasteiger partial charge >= 0.3 is 0 Å². The van der Waals surface area contributed by atoms with Crippen LogP contribution in [-0.2, 0) is 23.2 Å². The molecule has 1 aliphatic rings. The minimum absolute atomic E-state index is 0.0713. The number of aryl methyl sites for hydroxylation is 1. The van der Waals surface area contributed by atoms with Gasteiger partial charge in [0.25, 0.3) is 0 Å². The molecule has 0 bridgehead atoms. The highest BCUT2D eigenvalue weighted by molar-refractivity contribution is 7.89. The number of nitrogens with zero attached hydrogens (tertiary/aromatic N) is 5. The molecule has 0 unspecified atom stereocenters. The fraction of sp³-hybridized carbons (Fsp3) is 0.389. The van der Waals surface area contributed by atoms with Crippen molar-refractivity contribution in [2.45, 2.75) is 25.0 Å². The van der Waals surface area contributed by atoms with Gasteiger partial charge in [-0.3, -0.25) is 0 Å². The molecule has 2 aromatic rings. The average Bonchev–Trinajstić information content (AvgIpc) is 2.96. The van der Waals surface area contributed by atoms with Crippen LogP contribution in [0.5, 0.6) is 0 Å². The Bertz CT molecular complexity index is 1070. The van der Waals surface area contributed by atoms with Gasteiger partial charge in [-0.2, -0.15) is 19.3 Å². The van der Waals surface area contributed by atoms with Gasteiger partial charge in [-0.05, 0) is 31.3 Å². The minimum atomic E-state index is -3.68. The van der Waals surface area contributed by atoms with E-state index in [1.807, 2.05) is 17.6 Å². The molecule has 0 saturated carbocycles. The van der Waals surface area contributed by atoms with Crippen molar-refractivity contribution in [1.29, 1.82) is 5.26 Å². The monoisotopic (exact) mass is 419 g/mol. The van der Waals surface area contributed by atoms with E-state index in [4.69, 9.17) is 12.2 Å². The van der Waals surface area contributed by atoms with Crippen molar-refractivity contribution in [1.82, 2.24) is 18.7 Å². The van der Waals surface area contributed by atoms with Crippen molar-refractivity contribution in [3.05, 3.63) is 53.1 Å². The van der Waals surface area contributed by atoms with Crippen molar-refractivity contribution >= 4 is 22.2 Å². The molecule has 0 atom stereocenters. The summed E-state index contributed by atoms with van der Waals surface area (Å²) in [6, 6.07) is 8.28. The smallest absolute Gasteiger partial charge is 0.244 e. The summed E-state index contributed by atoms with van der Waals surface area (Å²) in [7, 11) is -3.68. The molecule has 3 rings (SSSR count). The highest BCUT2D eigenvalue weighted by Crippen LogP contribution is 2.19. The van der Waals surface area contributed by atoms with Crippen molar-refractivity contribution < 1.29 is 13.3 Å². The molecule has 1 aromatic heterocycles. The normalized spacial score (nSPS) is 16.0. The van der Waals surface area contributed by atoms with E-state index >= 15 is 0 Å². The van der Waals surface area contributed by atoms with Gasteiger partial charge < -0.3 is 9.47 Å². The van der Waals surface area contributed by atoms with E-state index in [0.29, 0.717) is 44.2 Å². The number of nitrogens with one attached hydrogen (secondary N) is 1. The summed E-state index contributed by atoms with van der Waals surface area (Å²) in [6.45, 7) is 8.91. The van der Waals surface area contributed by atoms with E-state index in [0.717, 1.165) is 5.82 Å². The summed E-state index contributed by atoms with van der Waals surface area (Å²) in [5.74, 6) is 0.832. The maximum Gasteiger partial charge on any atom is 0.244 e. The molecule has 2 heterocycles. The third-order valence-electron chi connectivity index (χ3n) is 4.85. The summed E-state index contributed by atoms with van der Waals surface area (Å²) in [5.41, 5.74) is 0.173. The first-order chi connectivity index (χ1) is 13.4. The van der Waals surface area contributed by atoms with E-state index in [-0.39, 0.29) is 10.5 Å². The zero-order valence-corrected chi connectivity index (χ0v) is 17.3. The molecule has 0 aliphatic carbocycles. The van der Waals surface area contributed by atoms with Gasteiger partial charge in [0.1, 0.15) is 11.9 Å². The van der Waals surface area contributed by atoms with Gasteiger partial charge in [0, 0.05) is 6.54 Å². The summed E-state index contributed by atoms with van der Waals surface area (Å²) in [6.07, 6.45) is 1.78. The Morgan fingerprint density at radius 2 is 2.04 bits per heavy atom. The fourth-order valence-electron chi connectivity index (χ4n) is 3.33. The van der Waals surface area contributed by atoms with E-state index in [1.54, 1.807) is 22.9 Å². The lowest BCUT2D eigenvalue weighted by Gasteiger charge is -2.31. The van der Waals surface area contributed by atoms with E-state index in [2.05, 4.69) is 11.7 Å². The second-order valence-electron chi connectivity index (χ2n) is 6.65. The van der Waals surface area contributed by atoms with Crippen LogP contribution in [0.3, 0.4) is 0 Å². The Morgan fingerprint density at radius 3 is 2.68 bits per heavy atom. The molecule has 8 nitrogen and oxygen atoms in total. The van der Waals surface area contributed by atoms with Gasteiger partial charge in [0.05, 0.1) is 36.6 Å². The molecule has 148 valence electrons. The molecule has 0 spiro atoms. The number of quaternary nitrogens is 1. The number of aromatic nitrogens is 3. The lowest BCUT2D eigenvalue weighted by atomic mass is 10.2. The van der Waals surface area contributed by atoms with Crippen LogP contribution in [0.2, 0.25) is 0 Å². The molecule has 1 aromatic carbocycles. The third kappa shape index (κ3) is 3.93. The van der Waals surface area contributed by atoms with E-state index in [9.17, 15) is 13.7 Å². The zero-order valence-electron chi connectivity index (χ0n) is 15.7. The third-order valence-corrected chi connectivity index (χ3v) is 7.24. The van der Waals surface area contributed by atoms with Gasteiger partial charge in [0.15, 0.2) is 6.67 Å². The zero-order chi connectivity index (χ0) is 20.3. The predicted molar refractivity (Wildman–Crippen MR) is 107 cm³/mol. The lowest BCUT2D eigenvalue weighted by Crippen LogP contribution is -3.14. The van der Waals surface area contributed by atoms with Crippen molar-refractivity contribution in [2.24, 2.45) is 0 Å². The highest BCUT2D eigenvalue weighted by Gasteiger charge is 2.32. The number of piperazine rings is 1. The van der Waals surface area contributed by atoms with Crippen LogP contribution in [0.4, 0.5) is 0 Å². The van der Waals surface area contributed by atoms with E-state index < -0.39 is 10.0 Å². The number of sulfonamides is 1. The molecule has 0 amide bonds. The molecule has 1 aliphatic heterocycles. The maximum absolute atomic E-state index is 12.9. The van der Waals surface area contributed by atoms with Crippen LogP contribution in [0.25, 0.3) is 0 Å². The van der Waals surface area contributed by atoms with Crippen LogP contribution >= 0.6 is 12.2 Å². The first kappa shape index (κ1) is 20.4. The largest absolute Gasteiger partial charge is 0.314 e. The first-order valence-corrected chi connectivity index (χ1v) is 10.8. The standard InChI is InChI=1S/C18H22N6O2S2/c1-3-8-23-15(2)20-24(18(23)27)14-21-9-11-22(12-10-21)28(25,26)17-7-5-4-6-16(17)13-19/h3-7H,1,8-12,14H2,2H3/p+1. The summed E-state index contributed by atoms with van der Waals surface area (Å²) >= 11 is 5.49. The second kappa shape index (κ2) is 8.36. The minimum Gasteiger partial charge on any atom is -0.314 e. The van der Waals surface area contributed by atoms with Gasteiger partial charge in [0.2, 0.25) is 14.8 Å². The topological polar surface area (TPSA) is 88.4 Å². The van der Waals surface area contributed by atoms with Crippen LogP contribution in [0.15, 0.2) is 41.8 Å². The van der Waals surface area contributed by atoms with Crippen LogP contribution in [-0.4, -0.2) is 53.2 Å². The molecule has 0 radical (unpaired) electrons. The predicted octanol–water partition coefficient (Wildman–Crippen LogP) is 0.327. The maximum atomic E-state index is 12.9. The molecule has 1 fully saturated rings. The number of hydrogen-bond acceptors (Lipinski definition) is 5. The first-order valence-electron chi connectivity index (χ1n) is 8.96. The summed E-state index contributed by atoms with van der Waals surface area (Å²) in [4.78, 5) is 1.28. The fourth-order valence-corrected chi connectivity index (χ4v) is 5.22. The van der Waals surface area contributed by atoms with Gasteiger partial charge in [-0.1, -0.05) is 18.2 Å². The van der Waals surface area contributed by atoms with Gasteiger partial charge in [-0.15, -0.1) is 6.58 Å². The summed E-state index contributed by atoms with van der Waals surface area (Å²) in [5, 5.41) is 13.7. The Kier molecular flexibility index (Phi) is 6.10. The Labute approximate surface area is 170 Å². The van der Waals surface area contributed by atoms with Crippen molar-refractivity contribution in [3.63, 3.8) is 0 Å². The molecule has 1 saturated heterocycles. The SMILES string of the molecule is C=CCn1c(C)nn(C[NH+]2CCN(S(=O)(=O)c3ccccc3C#N)CC2)c1=S. The summed E-state index contributed by atoms with van der Waals surface area (Å²) < 4.78 is 31.7.